The van der Waals surface area contributed by atoms with Crippen LogP contribution in [0.15, 0.2) is 54.6 Å². The number of likely N-dealkylation sites (tertiary alicyclic amines) is 2. The highest BCUT2D eigenvalue weighted by Crippen LogP contribution is 2.44. The third kappa shape index (κ3) is 3.86. The molecule has 2 aliphatic rings. The highest BCUT2D eigenvalue weighted by atomic mass is 16.3. The molecule has 2 fully saturated rings. The van der Waals surface area contributed by atoms with Crippen molar-refractivity contribution in [2.24, 2.45) is 5.41 Å². The zero-order valence-electron chi connectivity index (χ0n) is 16.0. The summed E-state index contributed by atoms with van der Waals surface area (Å²) in [6, 6.07) is 17.5. The molecule has 2 saturated heterocycles. The number of carbonyl (C=O) groups excluding carboxylic acids is 1. The second kappa shape index (κ2) is 7.35. The van der Waals surface area contributed by atoms with Gasteiger partial charge in [-0.05, 0) is 61.4 Å². The van der Waals surface area contributed by atoms with Gasteiger partial charge in [-0.1, -0.05) is 36.4 Å². The van der Waals surface area contributed by atoms with Crippen LogP contribution in [0.25, 0.3) is 0 Å². The Morgan fingerprint density at radius 3 is 2.52 bits per heavy atom. The minimum atomic E-state index is 0.0320. The van der Waals surface area contributed by atoms with Gasteiger partial charge in [0.25, 0.3) is 5.91 Å². The van der Waals surface area contributed by atoms with Gasteiger partial charge < -0.3 is 14.9 Å². The van der Waals surface area contributed by atoms with Crippen LogP contribution in [0.3, 0.4) is 0 Å². The molecule has 2 heterocycles. The lowest BCUT2D eigenvalue weighted by Crippen LogP contribution is -2.51. The van der Waals surface area contributed by atoms with Crippen LogP contribution >= 0.6 is 0 Å². The van der Waals surface area contributed by atoms with Gasteiger partial charge in [0.15, 0.2) is 0 Å². The maximum absolute atomic E-state index is 12.8. The van der Waals surface area contributed by atoms with Crippen molar-refractivity contribution < 1.29 is 9.90 Å². The Morgan fingerprint density at radius 2 is 1.81 bits per heavy atom. The number of piperidine rings is 2. The number of nitrogens with zero attached hydrogens (tertiary/aromatic N) is 2. The molecular weight excluding hydrogens is 336 g/mol. The molecule has 142 valence electrons. The first kappa shape index (κ1) is 18.1. The molecule has 4 nitrogen and oxygen atoms in total. The summed E-state index contributed by atoms with van der Waals surface area (Å²) >= 11 is 0. The highest BCUT2D eigenvalue weighted by Gasteiger charge is 2.42. The van der Waals surface area contributed by atoms with Gasteiger partial charge >= 0.3 is 0 Å². The number of hydrogen-bond acceptors (Lipinski definition) is 3. The minimum Gasteiger partial charge on any atom is -0.508 e. The van der Waals surface area contributed by atoms with E-state index < -0.39 is 0 Å². The predicted molar refractivity (Wildman–Crippen MR) is 107 cm³/mol. The summed E-state index contributed by atoms with van der Waals surface area (Å²) in [4.78, 5) is 17.2. The van der Waals surface area contributed by atoms with Crippen LogP contribution in [-0.4, -0.2) is 54.0 Å². The van der Waals surface area contributed by atoms with Gasteiger partial charge in [0, 0.05) is 31.7 Å². The fraction of sp³-hybridized carbons (Fsp3) is 0.435. The topological polar surface area (TPSA) is 43.8 Å². The highest BCUT2D eigenvalue weighted by molar-refractivity contribution is 5.94. The monoisotopic (exact) mass is 364 g/mol. The van der Waals surface area contributed by atoms with Crippen LogP contribution in [0.2, 0.25) is 0 Å². The lowest BCUT2D eigenvalue weighted by Gasteiger charge is -2.49. The number of amides is 1. The molecule has 1 atom stereocenters. The molecule has 0 radical (unpaired) electrons. The average molecular weight is 364 g/mol. The van der Waals surface area contributed by atoms with E-state index in [0.717, 1.165) is 39.0 Å². The molecule has 27 heavy (non-hydrogen) atoms. The third-order valence-corrected chi connectivity index (χ3v) is 6.29. The SMILES string of the molecule is CN1CC(c2ccccc2)CC2(CCN(C(=O)c3cccc(O)c3)CC2)C1. The Bertz CT molecular complexity index is 797. The molecule has 2 aliphatic heterocycles. The van der Waals surface area contributed by atoms with Crippen LogP contribution in [0.1, 0.15) is 41.1 Å². The molecule has 0 aliphatic carbocycles. The number of likely N-dealkylation sites (N-methyl/N-ethyl adjacent to an activating group) is 1. The smallest absolute Gasteiger partial charge is 0.253 e. The fourth-order valence-corrected chi connectivity index (χ4v) is 4.98. The van der Waals surface area contributed by atoms with Gasteiger partial charge in [-0.3, -0.25) is 4.79 Å². The number of phenolic OH excluding ortho intramolecular Hbond substituents is 1. The van der Waals surface area contributed by atoms with Crippen LogP contribution < -0.4 is 0 Å². The standard InChI is InChI=1S/C23H28N2O2/c1-24-16-20(18-6-3-2-4-7-18)15-23(17-24)10-12-25(13-11-23)22(27)19-8-5-9-21(26)14-19/h2-9,14,20,26H,10-13,15-17H2,1H3. The number of hydrogen-bond donors (Lipinski definition) is 1. The molecule has 0 saturated carbocycles. The molecule has 1 spiro atoms. The van der Waals surface area contributed by atoms with Gasteiger partial charge in [0.05, 0.1) is 0 Å². The average Bonchev–Trinajstić information content (AvgIpc) is 2.68. The molecule has 1 amide bonds. The Balaban J connectivity index is 1.45. The molecule has 4 rings (SSSR count). The lowest BCUT2D eigenvalue weighted by molar-refractivity contribution is 0.0224. The van der Waals surface area contributed by atoms with Crippen molar-refractivity contribution in [2.45, 2.75) is 25.2 Å². The van der Waals surface area contributed by atoms with Gasteiger partial charge in [0.1, 0.15) is 5.75 Å². The Labute approximate surface area is 161 Å². The summed E-state index contributed by atoms with van der Waals surface area (Å²) in [6.45, 7) is 3.82. The van der Waals surface area contributed by atoms with Crippen molar-refractivity contribution in [3.63, 3.8) is 0 Å². The third-order valence-electron chi connectivity index (χ3n) is 6.29. The maximum Gasteiger partial charge on any atom is 0.253 e. The molecule has 4 heteroatoms. The summed E-state index contributed by atoms with van der Waals surface area (Å²) in [7, 11) is 2.22. The van der Waals surface area contributed by atoms with Crippen LogP contribution in [0.5, 0.6) is 5.75 Å². The summed E-state index contributed by atoms with van der Waals surface area (Å²) < 4.78 is 0. The summed E-state index contributed by atoms with van der Waals surface area (Å²) in [5, 5.41) is 9.65. The first-order valence-corrected chi connectivity index (χ1v) is 9.86. The quantitative estimate of drug-likeness (QED) is 0.883. The predicted octanol–water partition coefficient (Wildman–Crippen LogP) is 3.73. The van der Waals surface area contributed by atoms with Crippen molar-refractivity contribution >= 4 is 5.91 Å². The van der Waals surface area contributed by atoms with E-state index in [0.29, 0.717) is 16.9 Å². The lowest BCUT2D eigenvalue weighted by atomic mass is 9.68. The van der Waals surface area contributed by atoms with Gasteiger partial charge in [-0.25, -0.2) is 0 Å². The Morgan fingerprint density at radius 1 is 1.07 bits per heavy atom. The van der Waals surface area contributed by atoms with Crippen molar-refractivity contribution in [2.75, 3.05) is 33.2 Å². The van der Waals surface area contributed by atoms with E-state index >= 15 is 0 Å². The molecule has 0 aromatic heterocycles. The van der Waals surface area contributed by atoms with Crippen molar-refractivity contribution in [1.82, 2.24) is 9.80 Å². The number of benzene rings is 2. The van der Waals surface area contributed by atoms with Gasteiger partial charge in [-0.15, -0.1) is 0 Å². The van der Waals surface area contributed by atoms with Crippen molar-refractivity contribution in [1.29, 1.82) is 0 Å². The zero-order chi connectivity index (χ0) is 18.9. The van der Waals surface area contributed by atoms with E-state index in [4.69, 9.17) is 0 Å². The second-order valence-electron chi connectivity index (χ2n) is 8.35. The molecular formula is C23H28N2O2. The largest absolute Gasteiger partial charge is 0.508 e. The van der Waals surface area contributed by atoms with E-state index in [1.807, 2.05) is 4.90 Å². The Hall–Kier alpha value is -2.33. The van der Waals surface area contributed by atoms with Crippen LogP contribution in [0, 0.1) is 5.41 Å². The molecule has 2 aromatic rings. The van der Waals surface area contributed by atoms with E-state index in [2.05, 4.69) is 42.3 Å². The van der Waals surface area contributed by atoms with Gasteiger partial charge in [-0.2, -0.15) is 0 Å². The van der Waals surface area contributed by atoms with E-state index in [-0.39, 0.29) is 11.7 Å². The van der Waals surface area contributed by atoms with Crippen LogP contribution in [0.4, 0.5) is 0 Å². The molecule has 1 unspecified atom stereocenters. The van der Waals surface area contributed by atoms with Gasteiger partial charge in [0.2, 0.25) is 0 Å². The maximum atomic E-state index is 12.8. The summed E-state index contributed by atoms with van der Waals surface area (Å²) in [6.07, 6.45) is 3.30. The molecule has 0 bridgehead atoms. The van der Waals surface area contributed by atoms with Crippen molar-refractivity contribution in [3.8, 4) is 5.75 Å². The number of aromatic hydroxyl groups is 1. The van der Waals surface area contributed by atoms with E-state index in [1.54, 1.807) is 24.3 Å². The van der Waals surface area contributed by atoms with Crippen LogP contribution in [-0.2, 0) is 0 Å². The molecule has 1 N–H and O–H groups in total. The fourth-order valence-electron chi connectivity index (χ4n) is 4.98. The zero-order valence-corrected chi connectivity index (χ0v) is 16.0. The first-order valence-electron chi connectivity index (χ1n) is 9.86. The summed E-state index contributed by atoms with van der Waals surface area (Å²) in [5.41, 5.74) is 2.30. The van der Waals surface area contributed by atoms with E-state index in [1.165, 1.54) is 12.0 Å². The summed E-state index contributed by atoms with van der Waals surface area (Å²) in [5.74, 6) is 0.747. The number of rotatable bonds is 2. The minimum absolute atomic E-state index is 0.0320. The normalized spacial score (nSPS) is 22.7. The second-order valence-corrected chi connectivity index (χ2v) is 8.35. The van der Waals surface area contributed by atoms with E-state index in [9.17, 15) is 9.90 Å². The number of phenols is 1. The Kier molecular flexibility index (Phi) is 4.92. The molecule has 2 aromatic carbocycles. The van der Waals surface area contributed by atoms with Crippen molar-refractivity contribution in [3.05, 3.63) is 65.7 Å². The number of carbonyl (C=O) groups is 1. The first-order chi connectivity index (χ1) is 13.0.